The summed E-state index contributed by atoms with van der Waals surface area (Å²) in [6, 6.07) is 0. The molecule has 0 saturated carbocycles. The van der Waals surface area contributed by atoms with Gasteiger partial charge < -0.3 is 0 Å². The second kappa shape index (κ2) is 4.45. The number of nitrogens with zero attached hydrogens (tertiary/aromatic N) is 2. The summed E-state index contributed by atoms with van der Waals surface area (Å²) in [6.07, 6.45) is 3.82. The van der Waals surface area contributed by atoms with Gasteiger partial charge >= 0.3 is 0 Å². The highest BCUT2D eigenvalue weighted by Crippen LogP contribution is 2.15. The molecule has 0 unspecified atom stereocenters. The maximum absolute atomic E-state index is 4.24. The van der Waals surface area contributed by atoms with Gasteiger partial charge in [-0.2, -0.15) is 0 Å². The molecule has 2 nitrogen and oxygen atoms in total. The van der Waals surface area contributed by atoms with Crippen LogP contribution in [-0.2, 0) is 0 Å². The molecule has 0 aliphatic rings. The molecule has 0 bridgehead atoms. The van der Waals surface area contributed by atoms with Gasteiger partial charge in [-0.3, -0.25) is 0 Å². The Bertz CT molecular complexity index is 231. The second-order valence-corrected chi connectivity index (χ2v) is 4.12. The van der Waals surface area contributed by atoms with Crippen LogP contribution in [0.4, 0.5) is 0 Å². The van der Waals surface area contributed by atoms with E-state index in [1.807, 2.05) is 12.4 Å². The van der Waals surface area contributed by atoms with Gasteiger partial charge in [0.2, 0.25) is 0 Å². The second-order valence-electron chi connectivity index (χ2n) is 2.89. The molecule has 0 amide bonds. The van der Waals surface area contributed by atoms with Gasteiger partial charge in [0.05, 0.1) is 0 Å². The van der Waals surface area contributed by atoms with Crippen molar-refractivity contribution in [2.45, 2.75) is 31.8 Å². The lowest BCUT2D eigenvalue weighted by molar-refractivity contribution is 0.821. The predicted molar refractivity (Wildman–Crippen MR) is 52.5 cm³/mol. The molecule has 1 rings (SSSR count). The van der Waals surface area contributed by atoms with E-state index in [-0.39, 0.29) is 0 Å². The molecule has 0 aliphatic heterocycles. The summed E-state index contributed by atoms with van der Waals surface area (Å²) >= 11 is 1.67. The van der Waals surface area contributed by atoms with E-state index in [4.69, 9.17) is 0 Å². The van der Waals surface area contributed by atoms with Crippen molar-refractivity contribution in [1.29, 1.82) is 0 Å². The van der Waals surface area contributed by atoms with Crippen molar-refractivity contribution in [1.82, 2.24) is 9.97 Å². The summed E-state index contributed by atoms with van der Waals surface area (Å²) in [5, 5.41) is 0.877. The van der Waals surface area contributed by atoms with Crippen LogP contribution in [0.15, 0.2) is 17.6 Å². The zero-order valence-corrected chi connectivity index (χ0v) is 8.56. The monoisotopic (exact) mass is 182 g/mol. The van der Waals surface area contributed by atoms with Crippen LogP contribution in [0.2, 0.25) is 0 Å². The van der Waals surface area contributed by atoms with E-state index in [0.29, 0.717) is 5.92 Å². The lowest BCUT2D eigenvalue weighted by atomic mass is 10.1. The minimum atomic E-state index is 0.519. The number of hydrogen-bond donors (Lipinski definition) is 0. The zero-order chi connectivity index (χ0) is 8.97. The first-order chi connectivity index (χ1) is 5.74. The molecule has 0 N–H and O–H groups in total. The average Bonchev–Trinajstić information content (AvgIpc) is 2.06. The van der Waals surface area contributed by atoms with Gasteiger partial charge in [-0.25, -0.2) is 9.97 Å². The normalized spacial score (nSPS) is 10.7. The lowest BCUT2D eigenvalue weighted by Gasteiger charge is -2.03. The molecule has 1 aromatic rings. The Labute approximate surface area is 77.8 Å². The summed E-state index contributed by atoms with van der Waals surface area (Å²) in [7, 11) is 0. The summed E-state index contributed by atoms with van der Waals surface area (Å²) in [4.78, 5) is 8.48. The van der Waals surface area contributed by atoms with Crippen molar-refractivity contribution in [3.05, 3.63) is 18.0 Å². The van der Waals surface area contributed by atoms with E-state index in [1.54, 1.807) is 11.8 Å². The van der Waals surface area contributed by atoms with E-state index < -0.39 is 0 Å². The summed E-state index contributed by atoms with van der Waals surface area (Å²) in [5.41, 5.74) is 1.20. The Kier molecular flexibility index (Phi) is 3.53. The first-order valence-corrected chi connectivity index (χ1v) is 5.17. The molecular formula is C9H14N2S. The molecule has 0 fully saturated rings. The molecule has 0 saturated heterocycles. The molecule has 12 heavy (non-hydrogen) atoms. The summed E-state index contributed by atoms with van der Waals surface area (Å²) in [6.45, 7) is 6.39. The summed E-state index contributed by atoms with van der Waals surface area (Å²) in [5.74, 6) is 1.55. The number of thioether (sulfide) groups is 1. The zero-order valence-electron chi connectivity index (χ0n) is 7.74. The van der Waals surface area contributed by atoms with Crippen LogP contribution in [-0.4, -0.2) is 15.7 Å². The third kappa shape index (κ3) is 2.48. The molecule has 3 heteroatoms. The Morgan fingerprint density at radius 2 is 1.92 bits per heavy atom. The van der Waals surface area contributed by atoms with Crippen LogP contribution in [0.5, 0.6) is 0 Å². The minimum absolute atomic E-state index is 0.519. The van der Waals surface area contributed by atoms with E-state index in [0.717, 1.165) is 10.9 Å². The van der Waals surface area contributed by atoms with Crippen LogP contribution >= 0.6 is 11.8 Å². The maximum atomic E-state index is 4.24. The van der Waals surface area contributed by atoms with Gasteiger partial charge in [0, 0.05) is 12.4 Å². The van der Waals surface area contributed by atoms with Crippen LogP contribution in [0.25, 0.3) is 0 Å². The molecule has 0 spiro atoms. The highest BCUT2D eigenvalue weighted by molar-refractivity contribution is 7.99. The third-order valence-corrected chi connectivity index (χ3v) is 2.35. The standard InChI is InChI=1S/C9H14N2S/c1-4-12-9-10-5-8(6-11-9)7(2)3/h5-7H,4H2,1-3H3. The van der Waals surface area contributed by atoms with Gasteiger partial charge in [0.15, 0.2) is 5.16 Å². The predicted octanol–water partition coefficient (Wildman–Crippen LogP) is 2.71. The van der Waals surface area contributed by atoms with Gasteiger partial charge in [-0.15, -0.1) is 0 Å². The average molecular weight is 182 g/mol. The van der Waals surface area contributed by atoms with Crippen LogP contribution in [0.1, 0.15) is 32.3 Å². The van der Waals surface area contributed by atoms with Gasteiger partial charge in [-0.1, -0.05) is 32.5 Å². The fraction of sp³-hybridized carbons (Fsp3) is 0.556. The lowest BCUT2D eigenvalue weighted by Crippen LogP contribution is -1.92. The molecule has 66 valence electrons. The topological polar surface area (TPSA) is 25.8 Å². The first-order valence-electron chi connectivity index (χ1n) is 4.18. The molecule has 1 aromatic heterocycles. The van der Waals surface area contributed by atoms with Crippen LogP contribution in [0, 0.1) is 0 Å². The minimum Gasteiger partial charge on any atom is -0.231 e. The SMILES string of the molecule is CCSc1ncc(C(C)C)cn1. The van der Waals surface area contributed by atoms with Crippen LogP contribution in [0.3, 0.4) is 0 Å². The summed E-state index contributed by atoms with van der Waals surface area (Å²) < 4.78 is 0. The van der Waals surface area contributed by atoms with Crippen molar-refractivity contribution >= 4 is 11.8 Å². The van der Waals surface area contributed by atoms with E-state index in [2.05, 4.69) is 30.7 Å². The van der Waals surface area contributed by atoms with E-state index in [1.165, 1.54) is 5.56 Å². The van der Waals surface area contributed by atoms with Crippen molar-refractivity contribution in [2.75, 3.05) is 5.75 Å². The first kappa shape index (κ1) is 9.52. The number of aromatic nitrogens is 2. The van der Waals surface area contributed by atoms with Crippen molar-refractivity contribution < 1.29 is 0 Å². The maximum Gasteiger partial charge on any atom is 0.187 e. The Balaban J connectivity index is 2.71. The number of hydrogen-bond acceptors (Lipinski definition) is 3. The molecular weight excluding hydrogens is 168 g/mol. The van der Waals surface area contributed by atoms with Crippen molar-refractivity contribution in [3.8, 4) is 0 Å². The molecule has 0 atom stereocenters. The molecule has 0 aromatic carbocycles. The highest BCUT2D eigenvalue weighted by atomic mass is 32.2. The molecule has 1 heterocycles. The van der Waals surface area contributed by atoms with Crippen molar-refractivity contribution in [3.63, 3.8) is 0 Å². The van der Waals surface area contributed by atoms with Gasteiger partial charge in [0.1, 0.15) is 0 Å². The highest BCUT2D eigenvalue weighted by Gasteiger charge is 2.00. The molecule has 0 radical (unpaired) electrons. The Hall–Kier alpha value is -0.570. The third-order valence-electron chi connectivity index (χ3n) is 1.59. The van der Waals surface area contributed by atoms with E-state index in [9.17, 15) is 0 Å². The largest absolute Gasteiger partial charge is 0.231 e. The van der Waals surface area contributed by atoms with Gasteiger partial charge in [0.25, 0.3) is 0 Å². The quantitative estimate of drug-likeness (QED) is 0.531. The Morgan fingerprint density at radius 1 is 1.33 bits per heavy atom. The molecule has 0 aliphatic carbocycles. The number of rotatable bonds is 3. The Morgan fingerprint density at radius 3 is 2.33 bits per heavy atom. The van der Waals surface area contributed by atoms with Crippen LogP contribution < -0.4 is 0 Å². The fourth-order valence-corrected chi connectivity index (χ4v) is 1.34. The smallest absolute Gasteiger partial charge is 0.187 e. The fourth-order valence-electron chi connectivity index (χ4n) is 0.828. The van der Waals surface area contributed by atoms with Gasteiger partial charge in [-0.05, 0) is 17.2 Å². The van der Waals surface area contributed by atoms with Crippen molar-refractivity contribution in [2.24, 2.45) is 0 Å². The van der Waals surface area contributed by atoms with E-state index >= 15 is 0 Å².